The van der Waals surface area contributed by atoms with E-state index in [4.69, 9.17) is 14.2 Å². The van der Waals surface area contributed by atoms with Gasteiger partial charge in [-0.15, -0.1) is 0 Å². The number of nitrogens with one attached hydrogen (secondary N) is 2. The number of hydrogen-bond acceptors (Lipinski definition) is 8. The van der Waals surface area contributed by atoms with E-state index in [1.807, 2.05) is 54.6 Å². The van der Waals surface area contributed by atoms with Gasteiger partial charge in [-0.25, -0.2) is 0 Å². The number of rotatable bonds is 3. The highest BCUT2D eigenvalue weighted by molar-refractivity contribution is 5.79. The summed E-state index contributed by atoms with van der Waals surface area (Å²) in [6, 6.07) is 19.8. The van der Waals surface area contributed by atoms with Gasteiger partial charge in [0.2, 0.25) is 11.8 Å². The van der Waals surface area contributed by atoms with E-state index >= 15 is 0 Å². The number of carbonyl (C=O) groups is 3. The molecule has 2 N–H and O–H groups in total. The van der Waals surface area contributed by atoms with Gasteiger partial charge in [-0.05, 0) is 53.9 Å². The molecule has 0 spiro atoms. The Balaban J connectivity index is 1.20. The molecular formula is C31H32N6O6. The van der Waals surface area contributed by atoms with Crippen molar-refractivity contribution >= 4 is 28.8 Å². The molecule has 1 aromatic heterocycles. The van der Waals surface area contributed by atoms with Crippen LogP contribution in [-0.4, -0.2) is 76.6 Å². The predicted octanol–water partition coefficient (Wildman–Crippen LogP) is 1.86. The average Bonchev–Trinajstić information content (AvgIpc) is 3.61. The summed E-state index contributed by atoms with van der Waals surface area (Å²) in [7, 11) is 1.53. The third-order valence-electron chi connectivity index (χ3n) is 7.50. The lowest BCUT2D eigenvalue weighted by Crippen LogP contribution is -2.45. The van der Waals surface area contributed by atoms with Crippen LogP contribution in [-0.2, 0) is 33.9 Å². The number of aromatic nitrogens is 3. The summed E-state index contributed by atoms with van der Waals surface area (Å²) in [5.74, 6) is 0.906. The molecular weight excluding hydrogens is 552 g/mol. The molecule has 3 amide bonds. The monoisotopic (exact) mass is 584 g/mol. The van der Waals surface area contributed by atoms with E-state index in [2.05, 4.69) is 20.8 Å². The molecule has 43 heavy (non-hydrogen) atoms. The maximum atomic E-state index is 13.3. The fraction of sp³-hybridized carbons (Fsp3) is 0.323. The first-order chi connectivity index (χ1) is 20.9. The Hall–Kier alpha value is -5.13. The SMILES string of the molecule is COc1ccc2cc1OCC(=O)NCc1ccc(cc1)O[C@H]1CN(C(=O)Cn3nc4ccccc4n3)C[C@@H]1NC(=O)CC2. The molecule has 3 aliphatic heterocycles. The Bertz CT molecular complexity index is 1600. The molecule has 4 aromatic rings. The number of nitrogens with zero attached hydrogens (tertiary/aromatic N) is 4. The van der Waals surface area contributed by atoms with Gasteiger partial charge >= 0.3 is 0 Å². The number of aryl methyl sites for hydroxylation is 1. The fourth-order valence-corrected chi connectivity index (χ4v) is 5.21. The number of methoxy groups -OCH3 is 1. The van der Waals surface area contributed by atoms with Gasteiger partial charge < -0.3 is 29.7 Å². The second kappa shape index (κ2) is 12.4. The Labute approximate surface area is 247 Å². The molecule has 3 aliphatic rings. The number of fused-ring (bicyclic) bond motifs is 10. The van der Waals surface area contributed by atoms with Gasteiger partial charge in [-0.2, -0.15) is 15.0 Å². The summed E-state index contributed by atoms with van der Waals surface area (Å²) in [5, 5.41) is 14.7. The van der Waals surface area contributed by atoms with E-state index in [-0.39, 0.29) is 37.3 Å². The highest BCUT2D eigenvalue weighted by atomic mass is 16.5. The van der Waals surface area contributed by atoms with Crippen molar-refractivity contribution in [2.24, 2.45) is 0 Å². The Morgan fingerprint density at radius 1 is 0.953 bits per heavy atom. The molecule has 4 bridgehead atoms. The summed E-state index contributed by atoms with van der Waals surface area (Å²) >= 11 is 0. The van der Waals surface area contributed by atoms with E-state index in [1.165, 1.54) is 11.9 Å². The molecule has 222 valence electrons. The van der Waals surface area contributed by atoms with Crippen LogP contribution >= 0.6 is 0 Å². The zero-order valence-corrected chi connectivity index (χ0v) is 23.7. The molecule has 1 saturated heterocycles. The first kappa shape index (κ1) is 28.0. The first-order valence-electron chi connectivity index (χ1n) is 14.1. The van der Waals surface area contributed by atoms with Crippen LogP contribution in [0.1, 0.15) is 17.5 Å². The Morgan fingerprint density at radius 3 is 2.44 bits per heavy atom. The van der Waals surface area contributed by atoms with Crippen LogP contribution in [0.25, 0.3) is 11.0 Å². The zero-order chi connectivity index (χ0) is 29.8. The second-order valence-electron chi connectivity index (χ2n) is 10.5. The van der Waals surface area contributed by atoms with Crippen molar-refractivity contribution in [2.75, 3.05) is 26.8 Å². The molecule has 0 radical (unpaired) electrons. The zero-order valence-electron chi connectivity index (χ0n) is 23.7. The molecule has 0 aliphatic carbocycles. The van der Waals surface area contributed by atoms with Crippen molar-refractivity contribution in [3.63, 3.8) is 0 Å². The van der Waals surface area contributed by atoms with E-state index in [1.54, 1.807) is 17.0 Å². The largest absolute Gasteiger partial charge is 0.493 e. The van der Waals surface area contributed by atoms with Crippen LogP contribution in [0.5, 0.6) is 17.2 Å². The third-order valence-corrected chi connectivity index (χ3v) is 7.50. The van der Waals surface area contributed by atoms with Crippen LogP contribution < -0.4 is 24.8 Å². The molecule has 2 atom stereocenters. The topological polar surface area (TPSA) is 137 Å². The molecule has 12 heteroatoms. The van der Waals surface area contributed by atoms with Gasteiger partial charge in [-0.1, -0.05) is 30.3 Å². The van der Waals surface area contributed by atoms with E-state index in [0.717, 1.165) is 11.1 Å². The lowest BCUT2D eigenvalue weighted by atomic mass is 10.1. The highest BCUT2D eigenvalue weighted by Crippen LogP contribution is 2.29. The van der Waals surface area contributed by atoms with E-state index in [9.17, 15) is 14.4 Å². The van der Waals surface area contributed by atoms with Crippen molar-refractivity contribution in [3.8, 4) is 17.2 Å². The van der Waals surface area contributed by atoms with Gasteiger partial charge in [0.25, 0.3) is 5.91 Å². The normalized spacial score (nSPS) is 19.2. The minimum atomic E-state index is -0.467. The highest BCUT2D eigenvalue weighted by Gasteiger charge is 2.38. The Kier molecular flexibility index (Phi) is 8.07. The number of likely N-dealkylation sites (tertiary alicyclic amines) is 1. The van der Waals surface area contributed by atoms with Crippen molar-refractivity contribution in [1.82, 2.24) is 30.5 Å². The maximum absolute atomic E-state index is 13.3. The number of ether oxygens (including phenoxy) is 3. The van der Waals surface area contributed by atoms with Crippen LogP contribution in [0.15, 0.2) is 66.7 Å². The van der Waals surface area contributed by atoms with Crippen LogP contribution in [0, 0.1) is 0 Å². The van der Waals surface area contributed by atoms with Gasteiger partial charge in [0, 0.05) is 19.5 Å². The summed E-state index contributed by atoms with van der Waals surface area (Å²) in [6.45, 7) is 0.708. The van der Waals surface area contributed by atoms with Gasteiger partial charge in [0.05, 0.1) is 19.7 Å². The lowest BCUT2D eigenvalue weighted by Gasteiger charge is -2.21. The lowest BCUT2D eigenvalue weighted by molar-refractivity contribution is -0.131. The quantitative estimate of drug-likeness (QED) is 0.373. The van der Waals surface area contributed by atoms with Gasteiger partial charge in [0.1, 0.15) is 29.4 Å². The van der Waals surface area contributed by atoms with Crippen LogP contribution in [0.3, 0.4) is 0 Å². The fourth-order valence-electron chi connectivity index (χ4n) is 5.21. The van der Waals surface area contributed by atoms with Gasteiger partial charge in [0.15, 0.2) is 18.1 Å². The molecule has 3 aromatic carbocycles. The smallest absolute Gasteiger partial charge is 0.258 e. The predicted molar refractivity (Wildman–Crippen MR) is 156 cm³/mol. The minimum absolute atomic E-state index is 0.0235. The molecule has 1 fully saturated rings. The number of hydrogen-bond donors (Lipinski definition) is 2. The number of amides is 3. The Morgan fingerprint density at radius 2 is 1.70 bits per heavy atom. The minimum Gasteiger partial charge on any atom is -0.493 e. The standard InChI is InChI=1S/C31H32N6O6/c1-41-26-12-8-20-9-13-29(38)33-25-16-36(31(40)18-37-34-23-4-2-3-5-24(23)35-37)17-28(25)43-22-10-6-21(7-11-22)15-32-30(39)19-42-27(26)14-20/h2-8,10-12,14,25,28H,9,13,15-19H2,1H3,(H,32,39)(H,33,38)/t25-,28-/m0/s1. The summed E-state index contributed by atoms with van der Waals surface area (Å²) < 4.78 is 17.4. The molecule has 0 unspecified atom stereocenters. The van der Waals surface area contributed by atoms with Crippen molar-refractivity contribution in [1.29, 1.82) is 0 Å². The number of benzene rings is 3. The molecule has 0 saturated carbocycles. The number of carbonyl (C=O) groups excluding carboxylic acids is 3. The molecule has 12 nitrogen and oxygen atoms in total. The van der Waals surface area contributed by atoms with Crippen molar-refractivity contribution in [3.05, 3.63) is 77.9 Å². The molecule has 4 heterocycles. The van der Waals surface area contributed by atoms with Crippen LogP contribution in [0.2, 0.25) is 0 Å². The molecule has 7 rings (SSSR count). The summed E-state index contributed by atoms with van der Waals surface area (Å²) in [4.78, 5) is 41.9. The average molecular weight is 585 g/mol. The van der Waals surface area contributed by atoms with E-state index < -0.39 is 12.1 Å². The van der Waals surface area contributed by atoms with Crippen LogP contribution in [0.4, 0.5) is 0 Å². The second-order valence-corrected chi connectivity index (χ2v) is 10.5. The van der Waals surface area contributed by atoms with Crippen molar-refractivity contribution < 1.29 is 28.6 Å². The maximum Gasteiger partial charge on any atom is 0.258 e. The van der Waals surface area contributed by atoms with Crippen molar-refractivity contribution in [2.45, 2.75) is 38.1 Å². The van der Waals surface area contributed by atoms with Gasteiger partial charge in [-0.3, -0.25) is 14.4 Å². The summed E-state index contributed by atoms with van der Waals surface area (Å²) in [6.07, 6.45) is 0.187. The first-order valence-corrected chi connectivity index (χ1v) is 14.1. The third kappa shape index (κ3) is 6.69. The van der Waals surface area contributed by atoms with E-state index in [0.29, 0.717) is 54.3 Å². The summed E-state index contributed by atoms with van der Waals surface area (Å²) in [5.41, 5.74) is 3.17.